The molecule has 1 aromatic heterocycles. The van der Waals surface area contributed by atoms with Crippen molar-refractivity contribution in [3.63, 3.8) is 0 Å². The van der Waals surface area contributed by atoms with E-state index in [4.69, 9.17) is 4.74 Å². The topological polar surface area (TPSA) is 79.7 Å². The highest BCUT2D eigenvalue weighted by atomic mass is 32.2. The number of pyridine rings is 1. The van der Waals surface area contributed by atoms with Crippen molar-refractivity contribution in [2.75, 3.05) is 7.11 Å². The zero-order chi connectivity index (χ0) is 33.1. The number of carboxylic acids is 1. The Morgan fingerprint density at radius 2 is 1.70 bits per heavy atom. The predicted molar refractivity (Wildman–Crippen MR) is 178 cm³/mol. The van der Waals surface area contributed by atoms with Crippen LogP contribution in [0.2, 0.25) is 0 Å². The number of fused-ring (bicyclic) bond motifs is 1. The molecule has 0 spiro atoms. The number of aliphatic hydroxyl groups is 1. The van der Waals surface area contributed by atoms with E-state index in [0.717, 1.165) is 30.5 Å². The average Bonchev–Trinajstić information content (AvgIpc) is 3.05. The second-order valence-corrected chi connectivity index (χ2v) is 12.6. The number of benzene rings is 3. The van der Waals surface area contributed by atoms with E-state index in [1.165, 1.54) is 81.2 Å². The number of thioether (sulfide) groups is 1. The van der Waals surface area contributed by atoms with Gasteiger partial charge in [-0.2, -0.15) is 13.2 Å². The maximum atomic E-state index is 13.5. The zero-order valence-corrected chi connectivity index (χ0v) is 26.9. The first-order chi connectivity index (χ1) is 22.1. The van der Waals surface area contributed by atoms with Gasteiger partial charge in [-0.1, -0.05) is 100 Å². The molecule has 3 aromatic carbocycles. The normalized spacial score (nSPS) is 13.3. The number of nitrogens with zero attached hydrogens (tertiary/aromatic N) is 1. The fourth-order valence-corrected chi connectivity index (χ4v) is 6.39. The number of rotatable bonds is 16. The number of unbranched alkanes of at least 4 members (excludes halogenated alkanes) is 6. The molecule has 0 fully saturated rings. The van der Waals surface area contributed by atoms with Crippen LogP contribution in [0.4, 0.5) is 13.2 Å². The molecule has 0 unspecified atom stereocenters. The Morgan fingerprint density at radius 1 is 0.957 bits per heavy atom. The summed E-state index contributed by atoms with van der Waals surface area (Å²) in [6.07, 6.45) is 7.51. The van der Waals surface area contributed by atoms with Gasteiger partial charge in [0.25, 0.3) is 0 Å². The summed E-state index contributed by atoms with van der Waals surface area (Å²) in [5, 5.41) is 20.9. The Balaban J connectivity index is 1.58. The molecule has 0 amide bonds. The number of halogens is 3. The summed E-state index contributed by atoms with van der Waals surface area (Å²) in [6, 6.07) is 19.7. The SMILES string of the molecule is CCCCCCCCCc1cccc(C=C[C@H](Sc2ccc3cc(C(=O)O)c(OC)nc3c2)[C@@H](O)c2cccc(C(F)(F)F)c2)c1. The molecule has 2 atom stereocenters. The van der Waals surface area contributed by atoms with Crippen LogP contribution in [0.1, 0.15) is 90.6 Å². The highest BCUT2D eigenvalue weighted by Gasteiger charge is 2.31. The molecule has 4 aromatic rings. The highest BCUT2D eigenvalue weighted by Crippen LogP contribution is 2.37. The summed E-state index contributed by atoms with van der Waals surface area (Å²) < 4.78 is 45.7. The van der Waals surface area contributed by atoms with Gasteiger partial charge in [0.05, 0.1) is 29.5 Å². The minimum atomic E-state index is -4.54. The maximum absolute atomic E-state index is 13.5. The van der Waals surface area contributed by atoms with Gasteiger partial charge in [0.1, 0.15) is 5.56 Å². The van der Waals surface area contributed by atoms with Crippen molar-refractivity contribution in [1.29, 1.82) is 0 Å². The molecule has 0 radical (unpaired) electrons. The molecule has 0 bridgehead atoms. The van der Waals surface area contributed by atoms with Gasteiger partial charge in [0.15, 0.2) is 0 Å². The highest BCUT2D eigenvalue weighted by molar-refractivity contribution is 8.00. The summed E-state index contributed by atoms with van der Waals surface area (Å²) in [5.41, 5.74) is 1.90. The van der Waals surface area contributed by atoms with Crippen LogP contribution in [-0.2, 0) is 12.6 Å². The molecule has 9 heteroatoms. The number of aliphatic hydroxyl groups excluding tert-OH is 1. The van der Waals surface area contributed by atoms with E-state index in [0.29, 0.717) is 15.8 Å². The summed E-state index contributed by atoms with van der Waals surface area (Å²) in [7, 11) is 1.34. The van der Waals surface area contributed by atoms with Gasteiger partial charge in [0, 0.05) is 10.3 Å². The van der Waals surface area contributed by atoms with Crippen LogP contribution in [-0.4, -0.2) is 33.5 Å². The first-order valence-electron chi connectivity index (χ1n) is 15.6. The number of carboxylic acid groups (broad SMARTS) is 1. The van der Waals surface area contributed by atoms with E-state index < -0.39 is 29.1 Å². The lowest BCUT2D eigenvalue weighted by Gasteiger charge is -2.21. The summed E-state index contributed by atoms with van der Waals surface area (Å²) in [4.78, 5) is 16.7. The largest absolute Gasteiger partial charge is 0.480 e. The number of methoxy groups -OCH3 is 1. The summed E-state index contributed by atoms with van der Waals surface area (Å²) >= 11 is 1.28. The lowest BCUT2D eigenvalue weighted by Crippen LogP contribution is -2.14. The Kier molecular flexibility index (Phi) is 12.7. The number of aromatic carboxylic acids is 1. The molecular formula is C37H40F3NO4S. The number of alkyl halides is 3. The van der Waals surface area contributed by atoms with E-state index >= 15 is 0 Å². The van der Waals surface area contributed by atoms with Crippen LogP contribution in [0.3, 0.4) is 0 Å². The smallest absolute Gasteiger partial charge is 0.416 e. The molecular weight excluding hydrogens is 611 g/mol. The maximum Gasteiger partial charge on any atom is 0.416 e. The van der Waals surface area contributed by atoms with E-state index in [1.807, 2.05) is 24.3 Å². The third kappa shape index (κ3) is 9.84. The molecule has 2 N–H and O–H groups in total. The Bertz CT molecular complexity index is 1640. The van der Waals surface area contributed by atoms with Crippen LogP contribution in [0, 0.1) is 0 Å². The second-order valence-electron chi connectivity index (χ2n) is 11.3. The fourth-order valence-electron chi connectivity index (χ4n) is 5.31. The van der Waals surface area contributed by atoms with E-state index in [2.05, 4.69) is 24.0 Å². The van der Waals surface area contributed by atoms with Crippen molar-refractivity contribution in [2.45, 2.75) is 80.7 Å². The Hall–Kier alpha value is -3.82. The molecule has 1 heterocycles. The van der Waals surface area contributed by atoms with Crippen molar-refractivity contribution >= 4 is 34.7 Å². The molecule has 0 saturated carbocycles. The van der Waals surface area contributed by atoms with Gasteiger partial charge in [-0.05, 0) is 59.9 Å². The number of aromatic nitrogens is 1. The monoisotopic (exact) mass is 651 g/mol. The van der Waals surface area contributed by atoms with Gasteiger partial charge in [-0.25, -0.2) is 9.78 Å². The second kappa shape index (κ2) is 16.7. The van der Waals surface area contributed by atoms with Crippen LogP contribution >= 0.6 is 11.8 Å². The minimum absolute atomic E-state index is 0.0287. The fraction of sp³-hybridized carbons (Fsp3) is 0.351. The summed E-state index contributed by atoms with van der Waals surface area (Å²) in [5.74, 6) is -1.19. The van der Waals surface area contributed by atoms with Gasteiger partial charge in [-0.3, -0.25) is 0 Å². The van der Waals surface area contributed by atoms with Gasteiger partial charge in [0.2, 0.25) is 5.88 Å². The van der Waals surface area contributed by atoms with Gasteiger partial charge >= 0.3 is 12.1 Å². The molecule has 244 valence electrons. The van der Waals surface area contributed by atoms with Gasteiger partial charge < -0.3 is 14.9 Å². The number of hydrogen-bond donors (Lipinski definition) is 2. The van der Waals surface area contributed by atoms with Crippen molar-refractivity contribution < 1.29 is 32.9 Å². The lowest BCUT2D eigenvalue weighted by molar-refractivity contribution is -0.137. The molecule has 5 nitrogen and oxygen atoms in total. The number of ether oxygens (including phenoxy) is 1. The zero-order valence-electron chi connectivity index (χ0n) is 26.1. The van der Waals surface area contributed by atoms with Crippen molar-refractivity contribution in [3.8, 4) is 5.88 Å². The molecule has 0 aliphatic rings. The Labute approximate surface area is 272 Å². The van der Waals surface area contributed by atoms with Crippen LogP contribution in [0.15, 0.2) is 83.8 Å². The number of aryl methyl sites for hydroxylation is 1. The predicted octanol–water partition coefficient (Wildman–Crippen LogP) is 10.2. The molecule has 4 rings (SSSR count). The van der Waals surface area contributed by atoms with Crippen molar-refractivity contribution in [2.24, 2.45) is 0 Å². The molecule has 0 saturated heterocycles. The van der Waals surface area contributed by atoms with Crippen LogP contribution in [0.25, 0.3) is 17.0 Å². The average molecular weight is 652 g/mol. The lowest BCUT2D eigenvalue weighted by atomic mass is 10.0. The third-order valence-electron chi connectivity index (χ3n) is 7.82. The quantitative estimate of drug-likeness (QED) is 0.0927. The molecule has 0 aliphatic carbocycles. The minimum Gasteiger partial charge on any atom is -0.480 e. The summed E-state index contributed by atoms with van der Waals surface area (Å²) in [6.45, 7) is 2.21. The first-order valence-corrected chi connectivity index (χ1v) is 16.5. The molecule has 46 heavy (non-hydrogen) atoms. The Morgan fingerprint density at radius 3 is 2.41 bits per heavy atom. The first kappa shape index (κ1) is 35.0. The number of carbonyl (C=O) groups is 1. The van der Waals surface area contributed by atoms with E-state index in [-0.39, 0.29) is 17.0 Å². The van der Waals surface area contributed by atoms with Crippen molar-refractivity contribution in [3.05, 3.63) is 107 Å². The molecule has 0 aliphatic heterocycles. The van der Waals surface area contributed by atoms with Crippen LogP contribution in [0.5, 0.6) is 5.88 Å². The van der Waals surface area contributed by atoms with E-state index in [9.17, 15) is 28.2 Å². The van der Waals surface area contributed by atoms with Gasteiger partial charge in [-0.15, -0.1) is 11.8 Å². The standard InChI is InChI=1S/C37H40F3NO4S/c1-3-4-5-6-7-8-9-12-25-13-10-14-26(21-25)17-20-33(34(42)28-15-11-16-29(22-28)37(38,39)40)46-30-19-18-27-23-31(36(43)44)35(45-2)41-32(27)24-30/h10-11,13-24,33-34,42H,3-9,12H2,1-2H3,(H,43,44)/t33-,34-/m0/s1. The third-order valence-corrected chi connectivity index (χ3v) is 9.03. The van der Waals surface area contributed by atoms with Crippen LogP contribution < -0.4 is 4.74 Å². The number of hydrogen-bond acceptors (Lipinski definition) is 5. The van der Waals surface area contributed by atoms with E-state index in [1.54, 1.807) is 18.2 Å². The van der Waals surface area contributed by atoms with Crippen molar-refractivity contribution in [1.82, 2.24) is 4.98 Å².